The predicted molar refractivity (Wildman–Crippen MR) is 139 cm³/mol. The van der Waals surface area contributed by atoms with Crippen LogP contribution in [0.3, 0.4) is 0 Å². The molecule has 1 aromatic rings. The number of phenolic OH excluding ortho intramolecular Hbond substituents is 1. The van der Waals surface area contributed by atoms with Crippen LogP contribution >= 0.6 is 11.8 Å². The first-order chi connectivity index (χ1) is 17.2. The molecule has 9 nitrogen and oxygen atoms in total. The number of thioether (sulfide) groups is 1. The molecule has 10 heteroatoms. The summed E-state index contributed by atoms with van der Waals surface area (Å²) in [6.07, 6.45) is 2.06. The highest BCUT2D eigenvalue weighted by Crippen LogP contribution is 2.52. The summed E-state index contributed by atoms with van der Waals surface area (Å²) in [5.74, 6) is -5.66. The summed E-state index contributed by atoms with van der Waals surface area (Å²) in [6, 6.07) is 1.90. The molecule has 0 heterocycles. The maximum Gasteiger partial charge on any atom is 0.255 e. The molecule has 0 aliphatic heterocycles. The lowest BCUT2D eigenvalue weighted by Crippen LogP contribution is -2.57. The Labute approximate surface area is 219 Å². The number of allylic oxidation sites excluding steroid dienone is 2. The van der Waals surface area contributed by atoms with Crippen molar-refractivity contribution in [1.82, 2.24) is 5.32 Å². The van der Waals surface area contributed by atoms with E-state index in [1.54, 1.807) is 0 Å². The molecule has 3 aliphatic rings. The van der Waals surface area contributed by atoms with Gasteiger partial charge < -0.3 is 31.5 Å². The fourth-order valence-corrected chi connectivity index (χ4v) is 6.35. The molecule has 0 radical (unpaired) electrons. The summed E-state index contributed by atoms with van der Waals surface area (Å²) < 4.78 is 0. The Balaban J connectivity index is 1.84. The van der Waals surface area contributed by atoms with Crippen molar-refractivity contribution < 1.29 is 34.8 Å². The molecule has 4 rings (SSSR count). The molecule has 200 valence electrons. The fourth-order valence-electron chi connectivity index (χ4n) is 5.82. The summed E-state index contributed by atoms with van der Waals surface area (Å²) in [5, 5.41) is 47.4. The van der Waals surface area contributed by atoms with E-state index in [2.05, 4.69) is 26.1 Å². The first-order valence-corrected chi connectivity index (χ1v) is 13.6. The molecule has 0 bridgehead atoms. The minimum atomic E-state index is -2.56. The lowest BCUT2D eigenvalue weighted by molar-refractivity contribution is -0.144. The minimum absolute atomic E-state index is 0.0389. The maximum atomic E-state index is 13.8. The van der Waals surface area contributed by atoms with Crippen LogP contribution in [0.25, 0.3) is 0 Å². The number of hydrogen-bond donors (Lipinski definition) is 6. The van der Waals surface area contributed by atoms with E-state index in [4.69, 9.17) is 5.73 Å². The van der Waals surface area contributed by atoms with Gasteiger partial charge in [0.1, 0.15) is 22.8 Å². The number of ketones is 2. The van der Waals surface area contributed by atoms with Gasteiger partial charge in [-0.1, -0.05) is 20.8 Å². The number of primary amides is 1. The molecule has 1 amide bonds. The molecular weight excluding hydrogens is 496 g/mol. The van der Waals surface area contributed by atoms with Crippen molar-refractivity contribution in [3.05, 3.63) is 51.0 Å². The van der Waals surface area contributed by atoms with Gasteiger partial charge in [-0.15, -0.1) is 0 Å². The van der Waals surface area contributed by atoms with Gasteiger partial charge in [-0.3, -0.25) is 14.4 Å². The number of benzene rings is 1. The van der Waals surface area contributed by atoms with Gasteiger partial charge in [-0.2, -0.15) is 11.8 Å². The normalized spacial score (nSPS) is 25.6. The quantitative estimate of drug-likeness (QED) is 0.303. The first kappa shape index (κ1) is 27.2. The van der Waals surface area contributed by atoms with Crippen LogP contribution < -0.4 is 11.1 Å². The van der Waals surface area contributed by atoms with Gasteiger partial charge in [0.25, 0.3) is 5.91 Å². The van der Waals surface area contributed by atoms with Crippen LogP contribution in [0.1, 0.15) is 60.7 Å². The third-order valence-corrected chi connectivity index (χ3v) is 8.10. The fraction of sp³-hybridized carbons (Fsp3) is 0.519. The van der Waals surface area contributed by atoms with Crippen molar-refractivity contribution in [2.75, 3.05) is 12.8 Å². The Morgan fingerprint density at radius 2 is 1.86 bits per heavy atom. The van der Waals surface area contributed by atoms with Crippen molar-refractivity contribution in [1.29, 1.82) is 0 Å². The summed E-state index contributed by atoms with van der Waals surface area (Å²) in [7, 11) is 0. The standard InChI is InChI=1S/C27H34N2O7S/c1-26(2,3)11-29-9-13-5-14(10-37-4)21(31)19-16(13)7-12-6-15-8-17(30)20(25(28)35)24(34)27(15,36)23(33)18(12)22(19)32/h5,12,15,29-31,33,36H,6-11H2,1-4H3,(H2,28,35). The van der Waals surface area contributed by atoms with E-state index in [9.17, 15) is 34.8 Å². The maximum absolute atomic E-state index is 13.8. The van der Waals surface area contributed by atoms with Crippen molar-refractivity contribution in [3.8, 4) is 5.75 Å². The number of nitrogens with two attached hydrogens (primary N) is 1. The molecule has 0 saturated carbocycles. The van der Waals surface area contributed by atoms with Crippen molar-refractivity contribution in [2.45, 2.75) is 57.9 Å². The molecule has 3 atom stereocenters. The summed E-state index contributed by atoms with van der Waals surface area (Å²) in [4.78, 5) is 38.7. The van der Waals surface area contributed by atoms with Crippen LogP contribution in [0, 0.1) is 17.3 Å². The zero-order valence-corrected chi connectivity index (χ0v) is 22.3. The number of fused-ring (bicyclic) bond motifs is 3. The molecule has 1 aromatic carbocycles. The van der Waals surface area contributed by atoms with Crippen LogP contribution in [0.2, 0.25) is 0 Å². The van der Waals surface area contributed by atoms with Crippen molar-refractivity contribution >= 4 is 29.2 Å². The summed E-state index contributed by atoms with van der Waals surface area (Å²) in [6.45, 7) is 7.53. The van der Waals surface area contributed by atoms with E-state index in [0.29, 0.717) is 29.8 Å². The molecular formula is C27H34N2O7S. The number of carbonyl (C=O) groups is 3. The average molecular weight is 531 g/mol. The molecule has 0 fully saturated rings. The molecule has 3 unspecified atom stereocenters. The van der Waals surface area contributed by atoms with Gasteiger partial charge in [-0.05, 0) is 47.6 Å². The van der Waals surface area contributed by atoms with E-state index in [1.807, 2.05) is 12.3 Å². The Bertz CT molecular complexity index is 1260. The SMILES string of the molecule is CSCc1cc(CNCC(C)(C)C)c2c(c1O)C(=O)C1=C(O)C3(O)C(=O)C(C(N)=O)=C(O)CC3CC1C2. The zero-order valence-electron chi connectivity index (χ0n) is 21.5. The lowest BCUT2D eigenvalue weighted by Gasteiger charge is -2.45. The number of Topliss-reactive ketones (excluding diaryl/α,β-unsaturated/α-hetero) is 2. The highest BCUT2D eigenvalue weighted by molar-refractivity contribution is 7.97. The highest BCUT2D eigenvalue weighted by Gasteiger charge is 2.59. The van der Waals surface area contributed by atoms with E-state index in [1.165, 1.54) is 11.8 Å². The topological polar surface area (TPSA) is 170 Å². The Hall–Kier alpha value is -2.82. The molecule has 0 saturated heterocycles. The van der Waals surface area contributed by atoms with E-state index >= 15 is 0 Å². The lowest BCUT2D eigenvalue weighted by atomic mass is 9.60. The van der Waals surface area contributed by atoms with Crippen LogP contribution in [0.5, 0.6) is 5.75 Å². The van der Waals surface area contributed by atoms with Crippen LogP contribution in [-0.4, -0.2) is 56.3 Å². The van der Waals surface area contributed by atoms with Crippen LogP contribution in [0.15, 0.2) is 28.7 Å². The van der Waals surface area contributed by atoms with Gasteiger partial charge >= 0.3 is 0 Å². The van der Waals surface area contributed by atoms with Crippen LogP contribution in [0.4, 0.5) is 0 Å². The van der Waals surface area contributed by atoms with Crippen LogP contribution in [-0.2, 0) is 28.3 Å². The number of phenols is 1. The Morgan fingerprint density at radius 3 is 2.46 bits per heavy atom. The number of hydrogen-bond acceptors (Lipinski definition) is 9. The van der Waals surface area contributed by atoms with Crippen molar-refractivity contribution in [3.63, 3.8) is 0 Å². The first-order valence-electron chi connectivity index (χ1n) is 12.3. The molecule has 37 heavy (non-hydrogen) atoms. The molecule has 3 aliphatic carbocycles. The summed E-state index contributed by atoms with van der Waals surface area (Å²) >= 11 is 1.49. The van der Waals surface area contributed by atoms with Gasteiger partial charge in [0.15, 0.2) is 11.4 Å². The smallest absolute Gasteiger partial charge is 0.255 e. The number of carbonyl (C=O) groups excluding carboxylic acids is 3. The van der Waals surface area contributed by atoms with Gasteiger partial charge in [0.05, 0.1) is 5.56 Å². The third kappa shape index (κ3) is 4.45. The van der Waals surface area contributed by atoms with E-state index in [-0.39, 0.29) is 35.1 Å². The van der Waals surface area contributed by atoms with Crippen molar-refractivity contribution in [2.24, 2.45) is 23.0 Å². The Morgan fingerprint density at radius 1 is 1.19 bits per heavy atom. The molecule has 7 N–H and O–H groups in total. The number of aliphatic hydroxyl groups is 3. The minimum Gasteiger partial charge on any atom is -0.511 e. The Kier molecular flexibility index (Phi) is 6.98. The van der Waals surface area contributed by atoms with Gasteiger partial charge in [0.2, 0.25) is 5.78 Å². The number of amides is 1. The second-order valence-corrected chi connectivity index (χ2v) is 12.3. The average Bonchev–Trinajstić information content (AvgIpc) is 2.78. The molecule has 0 spiro atoms. The van der Waals surface area contributed by atoms with Gasteiger partial charge in [0, 0.05) is 42.3 Å². The van der Waals surface area contributed by atoms with Gasteiger partial charge in [-0.25, -0.2) is 0 Å². The zero-order chi connectivity index (χ0) is 27.4. The number of aliphatic hydroxyl groups excluding tert-OH is 2. The monoisotopic (exact) mass is 530 g/mol. The van der Waals surface area contributed by atoms with E-state index < -0.39 is 52.0 Å². The number of aromatic hydroxyl groups is 1. The number of rotatable bonds is 6. The summed E-state index contributed by atoms with van der Waals surface area (Å²) in [5.41, 5.74) is 4.00. The molecule has 0 aromatic heterocycles. The van der Waals surface area contributed by atoms with E-state index in [0.717, 1.165) is 12.1 Å². The second kappa shape index (κ2) is 9.49. The number of nitrogens with one attached hydrogen (secondary N) is 1. The second-order valence-electron chi connectivity index (χ2n) is 11.4. The largest absolute Gasteiger partial charge is 0.511 e. The highest BCUT2D eigenvalue weighted by atomic mass is 32.2. The predicted octanol–water partition coefficient (Wildman–Crippen LogP) is 2.58. The third-order valence-electron chi connectivity index (χ3n) is 7.50.